The molecule has 1 aliphatic heterocycles. The second kappa shape index (κ2) is 6.99. The quantitative estimate of drug-likeness (QED) is 0.918. The van der Waals surface area contributed by atoms with Crippen LogP contribution in [0.15, 0.2) is 41.8 Å². The predicted molar refractivity (Wildman–Crippen MR) is 82.0 cm³/mol. The summed E-state index contributed by atoms with van der Waals surface area (Å²) >= 11 is 1.80. The molecule has 3 nitrogen and oxygen atoms in total. The summed E-state index contributed by atoms with van der Waals surface area (Å²) in [6.45, 7) is 3.87. The van der Waals surface area contributed by atoms with E-state index in [0.29, 0.717) is 13.2 Å². The highest BCUT2D eigenvalue weighted by atomic mass is 32.1. The molecule has 1 aromatic carbocycles. The van der Waals surface area contributed by atoms with Gasteiger partial charge in [-0.1, -0.05) is 30.3 Å². The number of nitrogens with one attached hydrogen (secondary N) is 1. The maximum absolute atomic E-state index is 5.61. The Hall–Kier alpha value is -1.20. The first-order valence-corrected chi connectivity index (χ1v) is 7.83. The van der Waals surface area contributed by atoms with Crippen molar-refractivity contribution in [3.05, 3.63) is 46.7 Å². The first-order valence-electron chi connectivity index (χ1n) is 6.95. The minimum absolute atomic E-state index is 0.192. The molecule has 1 atom stereocenters. The van der Waals surface area contributed by atoms with Crippen LogP contribution in [-0.2, 0) is 16.0 Å². The van der Waals surface area contributed by atoms with Crippen LogP contribution >= 0.6 is 11.3 Å². The molecule has 0 saturated carbocycles. The Morgan fingerprint density at radius 3 is 2.85 bits per heavy atom. The van der Waals surface area contributed by atoms with Crippen molar-refractivity contribution in [2.24, 2.45) is 0 Å². The summed E-state index contributed by atoms with van der Waals surface area (Å²) in [5.74, 6) is 0. The summed E-state index contributed by atoms with van der Waals surface area (Å²) in [6.07, 6.45) is 0.192. The molecule has 1 unspecified atom stereocenters. The fraction of sp³-hybridized carbons (Fsp3) is 0.375. The van der Waals surface area contributed by atoms with Gasteiger partial charge in [0, 0.05) is 18.0 Å². The van der Waals surface area contributed by atoms with Crippen LogP contribution in [0.3, 0.4) is 0 Å². The van der Waals surface area contributed by atoms with Crippen LogP contribution in [0.1, 0.15) is 4.88 Å². The molecule has 1 aromatic heterocycles. The summed E-state index contributed by atoms with van der Waals surface area (Å²) < 4.78 is 11.0. The molecule has 1 fully saturated rings. The van der Waals surface area contributed by atoms with Gasteiger partial charge < -0.3 is 14.8 Å². The van der Waals surface area contributed by atoms with E-state index in [4.69, 9.17) is 9.47 Å². The van der Waals surface area contributed by atoms with E-state index in [1.54, 1.807) is 11.3 Å². The maximum atomic E-state index is 5.61. The second-order valence-electron chi connectivity index (χ2n) is 4.87. The second-order valence-corrected chi connectivity index (χ2v) is 5.86. The molecule has 106 valence electrons. The average molecular weight is 289 g/mol. The van der Waals surface area contributed by atoms with Crippen LogP contribution in [-0.4, -0.2) is 32.5 Å². The van der Waals surface area contributed by atoms with Gasteiger partial charge in [-0.2, -0.15) is 0 Å². The highest BCUT2D eigenvalue weighted by molar-refractivity contribution is 7.10. The van der Waals surface area contributed by atoms with Gasteiger partial charge in [-0.25, -0.2) is 0 Å². The molecule has 2 aromatic rings. The minimum atomic E-state index is 0.192. The van der Waals surface area contributed by atoms with Gasteiger partial charge in [0.2, 0.25) is 0 Å². The van der Waals surface area contributed by atoms with E-state index < -0.39 is 0 Å². The Morgan fingerprint density at radius 2 is 2.05 bits per heavy atom. The Bertz CT molecular complexity index is 520. The van der Waals surface area contributed by atoms with Crippen LogP contribution in [0.2, 0.25) is 0 Å². The third-order valence-corrected chi connectivity index (χ3v) is 4.25. The van der Waals surface area contributed by atoms with Gasteiger partial charge in [0.25, 0.3) is 0 Å². The Labute approximate surface area is 123 Å². The van der Waals surface area contributed by atoms with Crippen molar-refractivity contribution in [3.63, 3.8) is 0 Å². The van der Waals surface area contributed by atoms with Crippen molar-refractivity contribution in [2.75, 3.05) is 26.4 Å². The van der Waals surface area contributed by atoms with E-state index in [-0.39, 0.29) is 6.10 Å². The van der Waals surface area contributed by atoms with E-state index in [1.165, 1.54) is 16.0 Å². The zero-order valence-electron chi connectivity index (χ0n) is 11.4. The summed E-state index contributed by atoms with van der Waals surface area (Å²) in [4.78, 5) is 1.35. The number of benzene rings is 1. The molecule has 2 heterocycles. The standard InChI is InChI=1S/C16H19NO2S/c1-2-4-13(5-3-1)14-8-16(20-12-14)10-17-9-15-11-18-6-7-19-15/h1-5,8,12,15,17H,6-7,9-11H2. The van der Waals surface area contributed by atoms with Gasteiger partial charge in [-0.15, -0.1) is 11.3 Å². The topological polar surface area (TPSA) is 30.5 Å². The minimum Gasteiger partial charge on any atom is -0.376 e. The summed E-state index contributed by atoms with van der Waals surface area (Å²) in [6, 6.07) is 12.7. The Morgan fingerprint density at radius 1 is 1.15 bits per heavy atom. The van der Waals surface area contributed by atoms with Gasteiger partial charge in [-0.3, -0.25) is 0 Å². The molecule has 0 radical (unpaired) electrons. The number of hydrogen-bond acceptors (Lipinski definition) is 4. The van der Waals surface area contributed by atoms with Crippen LogP contribution in [0, 0.1) is 0 Å². The lowest BCUT2D eigenvalue weighted by Crippen LogP contribution is -2.37. The van der Waals surface area contributed by atoms with E-state index >= 15 is 0 Å². The molecule has 1 saturated heterocycles. The van der Waals surface area contributed by atoms with Gasteiger partial charge in [0.15, 0.2) is 0 Å². The average Bonchev–Trinajstić information content (AvgIpc) is 2.98. The number of ether oxygens (including phenoxy) is 2. The highest BCUT2D eigenvalue weighted by Gasteiger charge is 2.13. The molecule has 0 aliphatic carbocycles. The third kappa shape index (κ3) is 3.67. The normalized spacial score (nSPS) is 19.1. The number of rotatable bonds is 5. The zero-order chi connectivity index (χ0) is 13.6. The van der Waals surface area contributed by atoms with Crippen LogP contribution in [0.5, 0.6) is 0 Å². The maximum Gasteiger partial charge on any atom is 0.0933 e. The van der Waals surface area contributed by atoms with Crippen LogP contribution in [0.4, 0.5) is 0 Å². The highest BCUT2D eigenvalue weighted by Crippen LogP contribution is 2.25. The predicted octanol–water partition coefficient (Wildman–Crippen LogP) is 2.92. The Kier molecular flexibility index (Phi) is 4.82. The van der Waals surface area contributed by atoms with Gasteiger partial charge in [0.05, 0.1) is 25.9 Å². The van der Waals surface area contributed by atoms with Crippen molar-refractivity contribution < 1.29 is 9.47 Å². The molecule has 4 heteroatoms. The van der Waals surface area contributed by atoms with E-state index in [2.05, 4.69) is 41.0 Å². The van der Waals surface area contributed by atoms with E-state index in [0.717, 1.165) is 19.7 Å². The number of thiophene rings is 1. The molecule has 3 rings (SSSR count). The van der Waals surface area contributed by atoms with Crippen molar-refractivity contribution in [2.45, 2.75) is 12.6 Å². The first-order chi connectivity index (χ1) is 9.92. The largest absolute Gasteiger partial charge is 0.376 e. The lowest BCUT2D eigenvalue weighted by molar-refractivity contribution is -0.0864. The fourth-order valence-electron chi connectivity index (χ4n) is 2.27. The van der Waals surface area contributed by atoms with Crippen molar-refractivity contribution in [1.29, 1.82) is 0 Å². The summed E-state index contributed by atoms with van der Waals surface area (Å²) in [5, 5.41) is 5.66. The lowest BCUT2D eigenvalue weighted by atomic mass is 10.1. The zero-order valence-corrected chi connectivity index (χ0v) is 12.2. The molecule has 1 N–H and O–H groups in total. The van der Waals surface area contributed by atoms with Crippen LogP contribution < -0.4 is 5.32 Å². The van der Waals surface area contributed by atoms with Crippen molar-refractivity contribution >= 4 is 11.3 Å². The third-order valence-electron chi connectivity index (χ3n) is 3.32. The lowest BCUT2D eigenvalue weighted by Gasteiger charge is -2.23. The van der Waals surface area contributed by atoms with E-state index in [9.17, 15) is 0 Å². The van der Waals surface area contributed by atoms with Crippen molar-refractivity contribution in [3.8, 4) is 11.1 Å². The molecular weight excluding hydrogens is 270 g/mol. The molecule has 0 bridgehead atoms. The molecular formula is C16H19NO2S. The van der Waals surface area contributed by atoms with Gasteiger partial charge in [-0.05, 0) is 22.6 Å². The Balaban J connectivity index is 1.50. The molecule has 20 heavy (non-hydrogen) atoms. The first kappa shape index (κ1) is 13.8. The summed E-state index contributed by atoms with van der Waals surface area (Å²) in [7, 11) is 0. The summed E-state index contributed by atoms with van der Waals surface area (Å²) in [5.41, 5.74) is 2.57. The van der Waals surface area contributed by atoms with Gasteiger partial charge in [0.1, 0.15) is 0 Å². The molecule has 1 aliphatic rings. The molecule has 0 amide bonds. The monoisotopic (exact) mass is 289 g/mol. The van der Waals surface area contributed by atoms with E-state index in [1.807, 2.05) is 6.07 Å². The number of hydrogen-bond donors (Lipinski definition) is 1. The van der Waals surface area contributed by atoms with Crippen LogP contribution in [0.25, 0.3) is 11.1 Å². The fourth-order valence-corrected chi connectivity index (χ4v) is 3.13. The SMILES string of the molecule is c1ccc(-c2csc(CNCC3COCCO3)c2)cc1. The van der Waals surface area contributed by atoms with Crippen molar-refractivity contribution in [1.82, 2.24) is 5.32 Å². The molecule has 0 spiro atoms. The van der Waals surface area contributed by atoms with Gasteiger partial charge >= 0.3 is 0 Å². The smallest absolute Gasteiger partial charge is 0.0933 e.